The molecule has 3 aromatic rings. The van der Waals surface area contributed by atoms with E-state index in [1.165, 1.54) is 50.9 Å². The Balaban J connectivity index is 1.94. The van der Waals surface area contributed by atoms with Gasteiger partial charge in [0.2, 0.25) is 0 Å². The summed E-state index contributed by atoms with van der Waals surface area (Å²) in [7, 11) is 0. The van der Waals surface area contributed by atoms with Crippen molar-refractivity contribution in [2.24, 2.45) is 5.92 Å². The molecule has 1 radical (unpaired) electrons. The monoisotopic (exact) mass is 365 g/mol. The zero-order chi connectivity index (χ0) is 19.5. The van der Waals surface area contributed by atoms with Crippen molar-refractivity contribution in [1.82, 2.24) is 0 Å². The van der Waals surface area contributed by atoms with Gasteiger partial charge in [0.1, 0.15) is 0 Å². The van der Waals surface area contributed by atoms with Gasteiger partial charge in [-0.15, -0.1) is 0 Å². The Labute approximate surface area is 169 Å². The molecule has 0 heteroatoms. The van der Waals surface area contributed by atoms with E-state index in [1.807, 2.05) is 0 Å². The molecule has 3 aromatic carbocycles. The number of fused-ring (bicyclic) bond motifs is 1. The van der Waals surface area contributed by atoms with Crippen LogP contribution in [0.1, 0.15) is 50.3 Å². The van der Waals surface area contributed by atoms with Crippen LogP contribution >= 0.6 is 0 Å². The van der Waals surface area contributed by atoms with Gasteiger partial charge in [-0.2, -0.15) is 0 Å². The second-order valence-corrected chi connectivity index (χ2v) is 7.86. The average Bonchev–Trinajstić information content (AvgIpc) is 3.18. The van der Waals surface area contributed by atoms with Crippen LogP contribution in [0.3, 0.4) is 0 Å². The summed E-state index contributed by atoms with van der Waals surface area (Å²) in [6.07, 6.45) is 8.28. The zero-order valence-corrected chi connectivity index (χ0v) is 17.2. The molecule has 0 amide bonds. The van der Waals surface area contributed by atoms with Gasteiger partial charge in [0.05, 0.1) is 0 Å². The summed E-state index contributed by atoms with van der Waals surface area (Å²) in [5.41, 5.74) is 11.1. The van der Waals surface area contributed by atoms with Crippen molar-refractivity contribution < 1.29 is 0 Å². The quantitative estimate of drug-likeness (QED) is 0.415. The molecule has 1 aliphatic carbocycles. The topological polar surface area (TPSA) is 0 Å². The maximum absolute atomic E-state index is 2.44. The van der Waals surface area contributed by atoms with Gasteiger partial charge < -0.3 is 0 Å². The summed E-state index contributed by atoms with van der Waals surface area (Å²) in [4.78, 5) is 0. The molecule has 1 atom stereocenters. The fourth-order valence-corrected chi connectivity index (χ4v) is 4.24. The molecular weight excluding hydrogens is 336 g/mol. The summed E-state index contributed by atoms with van der Waals surface area (Å²) in [5.74, 6) is 0.597. The molecule has 0 bridgehead atoms. The summed E-state index contributed by atoms with van der Waals surface area (Å²) in [5, 5.41) is 0. The lowest BCUT2D eigenvalue weighted by Gasteiger charge is -2.18. The predicted molar refractivity (Wildman–Crippen MR) is 122 cm³/mol. The third-order valence-corrected chi connectivity index (χ3v) is 5.98. The SMILES string of the molecule is CCCc1ccc2c(c1-c1ccccc1-c1ccccc1)C=C(C(C)CC)[CH]2. The molecule has 0 aromatic heterocycles. The van der Waals surface area contributed by atoms with Gasteiger partial charge in [0.15, 0.2) is 0 Å². The van der Waals surface area contributed by atoms with Crippen LogP contribution in [0, 0.1) is 12.3 Å². The van der Waals surface area contributed by atoms with Gasteiger partial charge in [-0.05, 0) is 57.7 Å². The first-order chi connectivity index (χ1) is 13.7. The smallest absolute Gasteiger partial charge is 0.0167 e. The molecule has 1 unspecified atom stereocenters. The van der Waals surface area contributed by atoms with E-state index in [0.717, 1.165) is 12.8 Å². The molecular formula is C28H29. The van der Waals surface area contributed by atoms with Gasteiger partial charge in [0, 0.05) is 6.42 Å². The lowest BCUT2D eigenvalue weighted by Crippen LogP contribution is -1.97. The van der Waals surface area contributed by atoms with Crippen LogP contribution in [0.5, 0.6) is 0 Å². The van der Waals surface area contributed by atoms with E-state index < -0.39 is 0 Å². The van der Waals surface area contributed by atoms with Gasteiger partial charge in [-0.25, -0.2) is 0 Å². The van der Waals surface area contributed by atoms with Crippen molar-refractivity contribution >= 4 is 6.08 Å². The van der Waals surface area contributed by atoms with E-state index >= 15 is 0 Å². The van der Waals surface area contributed by atoms with Crippen molar-refractivity contribution in [2.45, 2.75) is 40.0 Å². The standard InChI is InChI=1S/C28H29/c1-4-11-22-16-17-23-18-24(20(3)5-2)19-27(23)28(22)26-15-10-9-14-25(26)21-12-7-6-8-13-21/h6-10,12-20H,4-5,11H2,1-3H3. The van der Waals surface area contributed by atoms with Crippen LogP contribution in [-0.4, -0.2) is 0 Å². The highest BCUT2D eigenvalue weighted by Gasteiger charge is 2.23. The second kappa shape index (κ2) is 8.19. The Hall–Kier alpha value is -2.60. The van der Waals surface area contributed by atoms with Gasteiger partial charge in [-0.1, -0.05) is 106 Å². The minimum atomic E-state index is 0.597. The molecule has 0 saturated heterocycles. The Bertz CT molecular complexity index is 992. The van der Waals surface area contributed by atoms with Crippen LogP contribution in [0.4, 0.5) is 0 Å². The first-order valence-corrected chi connectivity index (χ1v) is 10.6. The Morgan fingerprint density at radius 2 is 1.50 bits per heavy atom. The summed E-state index contributed by atoms with van der Waals surface area (Å²) < 4.78 is 0. The summed E-state index contributed by atoms with van der Waals surface area (Å²) >= 11 is 0. The van der Waals surface area contributed by atoms with Crippen molar-refractivity contribution in [3.05, 3.63) is 95.4 Å². The van der Waals surface area contributed by atoms with E-state index in [1.54, 1.807) is 0 Å². The Morgan fingerprint density at radius 3 is 2.21 bits per heavy atom. The summed E-state index contributed by atoms with van der Waals surface area (Å²) in [6.45, 7) is 6.88. The second-order valence-electron chi connectivity index (χ2n) is 7.86. The van der Waals surface area contributed by atoms with E-state index in [9.17, 15) is 0 Å². The molecule has 141 valence electrons. The number of allylic oxidation sites excluding steroid dienone is 1. The number of hydrogen-bond acceptors (Lipinski definition) is 0. The number of rotatable bonds is 6. The predicted octanol–water partition coefficient (Wildman–Crippen LogP) is 7.97. The Kier molecular flexibility index (Phi) is 5.48. The van der Waals surface area contributed by atoms with Gasteiger partial charge >= 0.3 is 0 Å². The van der Waals surface area contributed by atoms with E-state index in [0.29, 0.717) is 5.92 Å². The van der Waals surface area contributed by atoms with E-state index in [2.05, 4.69) is 100.0 Å². The van der Waals surface area contributed by atoms with Crippen molar-refractivity contribution in [3.8, 4) is 22.3 Å². The maximum Gasteiger partial charge on any atom is 0.0167 e. The first-order valence-electron chi connectivity index (χ1n) is 10.6. The highest BCUT2D eigenvalue weighted by molar-refractivity contribution is 5.92. The minimum Gasteiger partial charge on any atom is -0.0651 e. The minimum absolute atomic E-state index is 0.597. The zero-order valence-electron chi connectivity index (χ0n) is 17.2. The molecule has 4 rings (SSSR count). The molecule has 0 heterocycles. The molecule has 0 nitrogen and oxygen atoms in total. The number of hydrogen-bond donors (Lipinski definition) is 0. The number of aryl methyl sites for hydroxylation is 1. The van der Waals surface area contributed by atoms with E-state index in [-0.39, 0.29) is 0 Å². The highest BCUT2D eigenvalue weighted by Crippen LogP contribution is 2.43. The molecule has 0 N–H and O–H groups in total. The largest absolute Gasteiger partial charge is 0.0651 e. The Morgan fingerprint density at radius 1 is 0.786 bits per heavy atom. The molecule has 28 heavy (non-hydrogen) atoms. The van der Waals surface area contributed by atoms with Gasteiger partial charge in [-0.3, -0.25) is 0 Å². The van der Waals surface area contributed by atoms with Crippen molar-refractivity contribution in [3.63, 3.8) is 0 Å². The third-order valence-electron chi connectivity index (χ3n) is 5.98. The molecule has 0 fully saturated rings. The maximum atomic E-state index is 2.44. The van der Waals surface area contributed by atoms with Crippen LogP contribution < -0.4 is 0 Å². The normalized spacial score (nSPS) is 13.9. The number of benzene rings is 3. The molecule has 0 aliphatic heterocycles. The fourth-order valence-electron chi connectivity index (χ4n) is 4.24. The summed E-state index contributed by atoms with van der Waals surface area (Å²) in [6, 6.07) is 24.3. The van der Waals surface area contributed by atoms with Gasteiger partial charge in [0.25, 0.3) is 0 Å². The molecule has 1 aliphatic rings. The highest BCUT2D eigenvalue weighted by atomic mass is 14.3. The van der Waals surface area contributed by atoms with Crippen LogP contribution in [0.2, 0.25) is 0 Å². The molecule has 0 saturated carbocycles. The van der Waals surface area contributed by atoms with Crippen molar-refractivity contribution in [2.75, 3.05) is 0 Å². The van der Waals surface area contributed by atoms with E-state index in [4.69, 9.17) is 0 Å². The third kappa shape index (κ3) is 3.44. The van der Waals surface area contributed by atoms with Crippen molar-refractivity contribution in [1.29, 1.82) is 0 Å². The van der Waals surface area contributed by atoms with Crippen LogP contribution in [0.15, 0.2) is 72.3 Å². The first kappa shape index (κ1) is 18.7. The lowest BCUT2D eigenvalue weighted by molar-refractivity contribution is 0.669. The van der Waals surface area contributed by atoms with Crippen LogP contribution in [-0.2, 0) is 6.42 Å². The van der Waals surface area contributed by atoms with Crippen LogP contribution in [0.25, 0.3) is 28.3 Å². The lowest BCUT2D eigenvalue weighted by atomic mass is 9.86. The molecule has 0 spiro atoms. The fraction of sp³-hybridized carbons (Fsp3) is 0.250. The average molecular weight is 366 g/mol.